The number of nitrogens with zero attached hydrogens (tertiary/aromatic N) is 2. The number of hydrogen-bond acceptors (Lipinski definition) is 3. The van der Waals surface area contributed by atoms with Crippen molar-refractivity contribution in [1.29, 1.82) is 0 Å². The molecule has 1 amide bonds. The maximum absolute atomic E-state index is 12.6. The van der Waals surface area contributed by atoms with Gasteiger partial charge < -0.3 is 10.4 Å². The smallest absolute Gasteiger partial charge is 0.352 e. The first-order valence-corrected chi connectivity index (χ1v) is 10.5. The molecule has 0 spiro atoms. The minimum Gasteiger partial charge on any atom is -0.477 e. The second kappa shape index (κ2) is 9.36. The lowest BCUT2D eigenvalue weighted by molar-refractivity contribution is -0.132. The fraction of sp³-hybridized carbons (Fsp3) is 0.0741. The van der Waals surface area contributed by atoms with Crippen LogP contribution in [-0.2, 0) is 4.79 Å². The number of amides is 1. The number of hydrogen-bond donors (Lipinski definition) is 2. The van der Waals surface area contributed by atoms with E-state index in [2.05, 4.69) is 5.32 Å². The van der Waals surface area contributed by atoms with E-state index in [4.69, 9.17) is 5.10 Å². The van der Waals surface area contributed by atoms with E-state index in [9.17, 15) is 14.7 Å². The zero-order chi connectivity index (χ0) is 23.4. The monoisotopic (exact) mass is 437 g/mol. The maximum atomic E-state index is 12.6. The van der Waals surface area contributed by atoms with Gasteiger partial charge in [0.2, 0.25) is 0 Å². The van der Waals surface area contributed by atoms with Crippen molar-refractivity contribution in [3.05, 3.63) is 113 Å². The van der Waals surface area contributed by atoms with Gasteiger partial charge in [-0.1, -0.05) is 66.7 Å². The van der Waals surface area contributed by atoms with Gasteiger partial charge in [0.25, 0.3) is 5.91 Å². The summed E-state index contributed by atoms with van der Waals surface area (Å²) in [7, 11) is 0. The number of aryl methyl sites for hydroxylation is 2. The molecule has 6 heteroatoms. The number of carbonyl (C=O) groups excluding carboxylic acids is 1. The average Bonchev–Trinajstić information content (AvgIpc) is 3.15. The number of nitrogens with one attached hydrogen (secondary N) is 1. The predicted molar refractivity (Wildman–Crippen MR) is 128 cm³/mol. The van der Waals surface area contributed by atoms with E-state index in [0.29, 0.717) is 16.8 Å². The highest BCUT2D eigenvalue weighted by atomic mass is 16.4. The van der Waals surface area contributed by atoms with Crippen LogP contribution in [0.3, 0.4) is 0 Å². The van der Waals surface area contributed by atoms with Gasteiger partial charge >= 0.3 is 5.97 Å². The zero-order valence-electron chi connectivity index (χ0n) is 18.3. The van der Waals surface area contributed by atoms with E-state index < -0.39 is 11.9 Å². The van der Waals surface area contributed by atoms with Gasteiger partial charge in [-0.3, -0.25) is 4.79 Å². The Balaban J connectivity index is 1.87. The molecule has 33 heavy (non-hydrogen) atoms. The molecule has 0 aliphatic heterocycles. The van der Waals surface area contributed by atoms with Gasteiger partial charge in [0.15, 0.2) is 0 Å². The van der Waals surface area contributed by atoms with Gasteiger partial charge in [0.05, 0.1) is 17.1 Å². The highest BCUT2D eigenvalue weighted by Gasteiger charge is 2.21. The fourth-order valence-electron chi connectivity index (χ4n) is 3.64. The van der Waals surface area contributed by atoms with Gasteiger partial charge in [-0.05, 0) is 43.7 Å². The first-order chi connectivity index (χ1) is 16.0. The number of carboxylic acids is 1. The second-order valence-electron chi connectivity index (χ2n) is 7.60. The van der Waals surface area contributed by atoms with Crippen molar-refractivity contribution >= 4 is 18.0 Å². The molecule has 0 fully saturated rings. The van der Waals surface area contributed by atoms with Crippen LogP contribution in [0.15, 0.2) is 90.6 Å². The fourth-order valence-corrected chi connectivity index (χ4v) is 3.64. The Hall–Kier alpha value is -4.45. The molecule has 1 heterocycles. The quantitative estimate of drug-likeness (QED) is 0.415. The predicted octanol–water partition coefficient (Wildman–Crippen LogP) is 5.01. The Bertz CT molecular complexity index is 1340. The summed E-state index contributed by atoms with van der Waals surface area (Å²) in [4.78, 5) is 24.7. The van der Waals surface area contributed by atoms with Crippen molar-refractivity contribution in [2.75, 3.05) is 0 Å². The first-order valence-electron chi connectivity index (χ1n) is 10.5. The molecular formula is C27H23N3O3. The Morgan fingerprint density at radius 2 is 1.48 bits per heavy atom. The molecule has 1 aromatic heterocycles. The summed E-state index contributed by atoms with van der Waals surface area (Å²) in [6, 6.07) is 26.0. The average molecular weight is 437 g/mol. The molecule has 0 unspecified atom stereocenters. The van der Waals surface area contributed by atoms with Crippen molar-refractivity contribution < 1.29 is 14.7 Å². The van der Waals surface area contributed by atoms with E-state index in [1.54, 1.807) is 30.3 Å². The molecule has 4 rings (SSSR count). The van der Waals surface area contributed by atoms with Gasteiger partial charge in [0.1, 0.15) is 5.70 Å². The second-order valence-corrected chi connectivity index (χ2v) is 7.60. The normalized spacial score (nSPS) is 11.3. The Labute approximate surface area is 191 Å². The van der Waals surface area contributed by atoms with Crippen LogP contribution in [0.25, 0.3) is 23.0 Å². The van der Waals surface area contributed by atoms with E-state index in [0.717, 1.165) is 22.5 Å². The molecule has 0 saturated carbocycles. The number of carbonyl (C=O) groups is 2. The van der Waals surface area contributed by atoms with E-state index in [-0.39, 0.29) is 5.70 Å². The van der Waals surface area contributed by atoms with Crippen LogP contribution in [-0.4, -0.2) is 26.8 Å². The number of aliphatic carboxylic acids is 1. The molecule has 6 nitrogen and oxygen atoms in total. The van der Waals surface area contributed by atoms with Crippen LogP contribution in [0.2, 0.25) is 0 Å². The molecule has 0 saturated heterocycles. The molecule has 0 aliphatic rings. The molecular weight excluding hydrogens is 414 g/mol. The molecule has 0 atom stereocenters. The first kappa shape index (κ1) is 21.8. The number of rotatable bonds is 6. The molecule has 4 aromatic rings. The third-order valence-electron chi connectivity index (χ3n) is 5.30. The van der Waals surface area contributed by atoms with Crippen LogP contribution in [0.5, 0.6) is 0 Å². The maximum Gasteiger partial charge on any atom is 0.352 e. The number of carboxylic acid groups (broad SMARTS) is 1. The highest BCUT2D eigenvalue weighted by Crippen LogP contribution is 2.31. The molecule has 164 valence electrons. The van der Waals surface area contributed by atoms with Crippen LogP contribution in [0.4, 0.5) is 0 Å². The number of benzene rings is 3. The SMILES string of the molecule is Cc1ccccc1-n1nc(C)c(/C=C(/NC(=O)c2ccccc2)C(=O)O)c1-c1ccccc1. The highest BCUT2D eigenvalue weighted by molar-refractivity contribution is 6.03. The standard InChI is InChI=1S/C27H23N3O3/c1-18-11-9-10-16-24(18)30-25(20-12-5-3-6-13-20)22(19(2)29-30)17-23(27(32)33)28-26(31)21-14-7-4-8-15-21/h3-17H,1-2H3,(H,28,31)(H,32,33)/b23-17+. The molecule has 0 aliphatic carbocycles. The number of para-hydroxylation sites is 1. The van der Waals surface area contributed by atoms with Gasteiger partial charge in [0, 0.05) is 16.7 Å². The van der Waals surface area contributed by atoms with E-state index >= 15 is 0 Å². The zero-order valence-corrected chi connectivity index (χ0v) is 18.3. The summed E-state index contributed by atoms with van der Waals surface area (Å²) in [5.74, 6) is -1.73. The Morgan fingerprint density at radius 3 is 2.12 bits per heavy atom. The third-order valence-corrected chi connectivity index (χ3v) is 5.30. The molecule has 0 radical (unpaired) electrons. The van der Waals surface area contributed by atoms with Crippen molar-refractivity contribution in [1.82, 2.24) is 15.1 Å². The lowest BCUT2D eigenvalue weighted by Gasteiger charge is -2.12. The summed E-state index contributed by atoms with van der Waals surface area (Å²) in [6.45, 7) is 3.82. The third kappa shape index (κ3) is 4.60. The van der Waals surface area contributed by atoms with E-state index in [1.165, 1.54) is 6.08 Å². The van der Waals surface area contributed by atoms with Crippen molar-refractivity contribution in [2.45, 2.75) is 13.8 Å². The minimum atomic E-state index is -1.23. The van der Waals surface area contributed by atoms with E-state index in [1.807, 2.05) is 73.1 Å². The summed E-state index contributed by atoms with van der Waals surface area (Å²) in [5, 5.41) is 17.1. The van der Waals surface area contributed by atoms with Crippen LogP contribution in [0, 0.1) is 13.8 Å². The Kier molecular flexibility index (Phi) is 6.17. The van der Waals surface area contributed by atoms with Crippen LogP contribution in [0.1, 0.15) is 27.2 Å². The molecule has 3 aromatic carbocycles. The molecule has 2 N–H and O–H groups in total. The largest absolute Gasteiger partial charge is 0.477 e. The van der Waals surface area contributed by atoms with Gasteiger partial charge in [-0.2, -0.15) is 5.10 Å². The summed E-state index contributed by atoms with van der Waals surface area (Å²) in [6.07, 6.45) is 1.47. The summed E-state index contributed by atoms with van der Waals surface area (Å²) in [5.41, 5.74) is 4.96. The topological polar surface area (TPSA) is 84.2 Å². The summed E-state index contributed by atoms with van der Waals surface area (Å²) >= 11 is 0. The lowest BCUT2D eigenvalue weighted by Crippen LogP contribution is -2.27. The Morgan fingerprint density at radius 1 is 0.879 bits per heavy atom. The number of aromatic nitrogens is 2. The van der Waals surface area contributed by atoms with Crippen LogP contribution >= 0.6 is 0 Å². The van der Waals surface area contributed by atoms with Crippen LogP contribution < -0.4 is 5.32 Å². The van der Waals surface area contributed by atoms with Crippen molar-refractivity contribution in [3.8, 4) is 16.9 Å². The van der Waals surface area contributed by atoms with Gasteiger partial charge in [-0.15, -0.1) is 0 Å². The van der Waals surface area contributed by atoms with Crippen molar-refractivity contribution in [3.63, 3.8) is 0 Å². The lowest BCUT2D eigenvalue weighted by atomic mass is 10.0. The summed E-state index contributed by atoms with van der Waals surface area (Å²) < 4.78 is 1.82. The molecule has 0 bridgehead atoms. The minimum absolute atomic E-state index is 0.228. The van der Waals surface area contributed by atoms with Gasteiger partial charge in [-0.25, -0.2) is 9.48 Å². The van der Waals surface area contributed by atoms with Crippen molar-refractivity contribution in [2.24, 2.45) is 0 Å².